The van der Waals surface area contributed by atoms with Gasteiger partial charge < -0.3 is 19.4 Å². The fraction of sp³-hybridized carbons (Fsp3) is 0.0909. The topological polar surface area (TPSA) is 102 Å². The zero-order valence-electron chi connectivity index (χ0n) is 23.6. The van der Waals surface area contributed by atoms with E-state index in [2.05, 4.69) is 10.4 Å². The van der Waals surface area contributed by atoms with Crippen molar-refractivity contribution in [3.63, 3.8) is 0 Å². The molecule has 4 aromatic carbocycles. The molecule has 220 valence electrons. The van der Waals surface area contributed by atoms with Crippen LogP contribution in [0, 0.1) is 5.82 Å². The SMILES string of the molecule is CN(C)c1ccc(C=Nn2c(-c3cc4cc(Cl)ccc4o3)nc3ccccc3c2=O)c(OCC(=O)Nc2ccc(F)cc2)c1. The number of rotatable bonds is 8. The highest BCUT2D eigenvalue weighted by molar-refractivity contribution is 6.31. The molecule has 0 unspecified atom stereocenters. The van der Waals surface area contributed by atoms with Gasteiger partial charge in [-0.3, -0.25) is 9.59 Å². The molecule has 0 atom stereocenters. The van der Waals surface area contributed by atoms with Crippen molar-refractivity contribution in [2.45, 2.75) is 0 Å². The summed E-state index contributed by atoms with van der Waals surface area (Å²) in [7, 11) is 3.75. The van der Waals surface area contributed by atoms with Gasteiger partial charge in [0, 0.05) is 47.5 Å². The first-order valence-corrected chi connectivity index (χ1v) is 13.9. The molecule has 0 saturated carbocycles. The minimum atomic E-state index is -0.433. The lowest BCUT2D eigenvalue weighted by Crippen LogP contribution is -2.21. The Labute approximate surface area is 255 Å². The minimum absolute atomic E-state index is 0.198. The molecule has 0 bridgehead atoms. The number of nitrogens with zero attached hydrogens (tertiary/aromatic N) is 4. The Kier molecular flexibility index (Phi) is 7.82. The molecule has 44 heavy (non-hydrogen) atoms. The third-order valence-electron chi connectivity index (χ3n) is 6.77. The molecule has 1 N–H and O–H groups in total. The number of fused-ring (bicyclic) bond motifs is 2. The number of benzene rings is 4. The van der Waals surface area contributed by atoms with E-state index in [1.807, 2.05) is 25.1 Å². The molecule has 11 heteroatoms. The van der Waals surface area contributed by atoms with Gasteiger partial charge in [0.15, 0.2) is 12.4 Å². The van der Waals surface area contributed by atoms with E-state index in [4.69, 9.17) is 25.7 Å². The lowest BCUT2D eigenvalue weighted by Gasteiger charge is -2.16. The van der Waals surface area contributed by atoms with E-state index in [0.717, 1.165) is 11.1 Å². The maximum Gasteiger partial charge on any atom is 0.282 e. The predicted molar refractivity (Wildman–Crippen MR) is 171 cm³/mol. The number of para-hydroxylation sites is 1. The molecule has 0 saturated heterocycles. The number of furan rings is 1. The maximum absolute atomic E-state index is 13.7. The van der Waals surface area contributed by atoms with Gasteiger partial charge in [-0.2, -0.15) is 9.78 Å². The van der Waals surface area contributed by atoms with Crippen molar-refractivity contribution in [3.8, 4) is 17.3 Å². The highest BCUT2D eigenvalue weighted by Crippen LogP contribution is 2.29. The molecule has 6 aromatic rings. The van der Waals surface area contributed by atoms with Crippen molar-refractivity contribution < 1.29 is 18.3 Å². The third-order valence-corrected chi connectivity index (χ3v) is 7.00. The molecule has 0 aliphatic heterocycles. The smallest absolute Gasteiger partial charge is 0.282 e. The summed E-state index contributed by atoms with van der Waals surface area (Å²) in [5.41, 5.74) is 2.44. The summed E-state index contributed by atoms with van der Waals surface area (Å²) in [5.74, 6) is 0.0488. The summed E-state index contributed by atoms with van der Waals surface area (Å²) in [6, 6.07) is 24.8. The Morgan fingerprint density at radius 3 is 2.66 bits per heavy atom. The van der Waals surface area contributed by atoms with Crippen LogP contribution in [-0.4, -0.2) is 42.5 Å². The van der Waals surface area contributed by atoms with E-state index >= 15 is 0 Å². The molecule has 1 amide bonds. The first kappa shape index (κ1) is 28.6. The molecule has 0 aliphatic carbocycles. The zero-order chi connectivity index (χ0) is 30.8. The lowest BCUT2D eigenvalue weighted by atomic mass is 10.2. The number of carbonyl (C=O) groups is 1. The fourth-order valence-corrected chi connectivity index (χ4v) is 4.72. The van der Waals surface area contributed by atoms with Crippen molar-refractivity contribution in [2.75, 3.05) is 30.9 Å². The summed E-state index contributed by atoms with van der Waals surface area (Å²) in [4.78, 5) is 32.9. The van der Waals surface area contributed by atoms with Crippen molar-refractivity contribution >= 4 is 57.0 Å². The molecule has 0 radical (unpaired) electrons. The second-order valence-corrected chi connectivity index (χ2v) is 10.5. The molecular formula is C33H25ClFN5O4. The Morgan fingerprint density at radius 1 is 1.07 bits per heavy atom. The van der Waals surface area contributed by atoms with E-state index in [-0.39, 0.29) is 12.4 Å². The van der Waals surface area contributed by atoms with Gasteiger partial charge >= 0.3 is 0 Å². The first-order valence-electron chi connectivity index (χ1n) is 13.5. The number of aromatic nitrogens is 2. The van der Waals surface area contributed by atoms with Gasteiger partial charge in [-0.05, 0) is 72.8 Å². The molecule has 0 spiro atoms. The largest absolute Gasteiger partial charge is 0.483 e. The van der Waals surface area contributed by atoms with Gasteiger partial charge in [-0.25, -0.2) is 9.37 Å². The van der Waals surface area contributed by atoms with Gasteiger partial charge in [-0.15, -0.1) is 0 Å². The van der Waals surface area contributed by atoms with Crippen molar-refractivity contribution in [1.29, 1.82) is 0 Å². The lowest BCUT2D eigenvalue weighted by molar-refractivity contribution is -0.118. The second kappa shape index (κ2) is 12.0. The number of ether oxygens (including phenoxy) is 1. The first-order chi connectivity index (χ1) is 21.2. The van der Waals surface area contributed by atoms with E-state index in [9.17, 15) is 14.0 Å². The average molecular weight is 610 g/mol. The van der Waals surface area contributed by atoms with E-state index in [1.165, 1.54) is 35.2 Å². The predicted octanol–water partition coefficient (Wildman–Crippen LogP) is 6.57. The maximum atomic E-state index is 13.7. The van der Waals surface area contributed by atoms with Crippen LogP contribution >= 0.6 is 11.6 Å². The Balaban J connectivity index is 1.37. The van der Waals surface area contributed by atoms with Gasteiger partial charge in [0.05, 0.1) is 17.1 Å². The van der Waals surface area contributed by atoms with Crippen LogP contribution in [0.25, 0.3) is 33.5 Å². The molecule has 2 aromatic heterocycles. The molecule has 0 aliphatic rings. The molecule has 9 nitrogen and oxygen atoms in total. The van der Waals surface area contributed by atoms with Gasteiger partial charge in [0.25, 0.3) is 11.5 Å². The van der Waals surface area contributed by atoms with E-state index < -0.39 is 17.3 Å². The van der Waals surface area contributed by atoms with Crippen LogP contribution in [0.1, 0.15) is 5.56 Å². The molecular weight excluding hydrogens is 585 g/mol. The summed E-state index contributed by atoms with van der Waals surface area (Å²) >= 11 is 6.17. The zero-order valence-corrected chi connectivity index (χ0v) is 24.4. The summed E-state index contributed by atoms with van der Waals surface area (Å²) in [6.07, 6.45) is 1.47. The summed E-state index contributed by atoms with van der Waals surface area (Å²) < 4.78 is 26.4. The number of hydrogen-bond donors (Lipinski definition) is 1. The van der Waals surface area contributed by atoms with Crippen LogP contribution < -0.4 is 20.5 Å². The summed E-state index contributed by atoms with van der Waals surface area (Å²) in [5, 5.41) is 8.88. The number of nitrogens with one attached hydrogen (secondary N) is 1. The molecule has 2 heterocycles. The van der Waals surface area contributed by atoms with E-state index in [1.54, 1.807) is 60.7 Å². The van der Waals surface area contributed by atoms with Crippen LogP contribution in [0.5, 0.6) is 5.75 Å². The standard InChI is InChI=1S/C33H25ClFN5O4/c1-39(2)25-13-7-20(29(17-25)43-19-31(41)37-24-11-9-23(35)10-12-24)18-36-40-32(38-27-6-4-3-5-26(27)33(40)42)30-16-21-15-22(34)8-14-28(21)44-30/h3-18H,19H2,1-2H3,(H,37,41). The van der Waals surface area contributed by atoms with Crippen LogP contribution in [0.3, 0.4) is 0 Å². The molecule has 0 fully saturated rings. The highest BCUT2D eigenvalue weighted by Gasteiger charge is 2.17. The molecule has 6 rings (SSSR count). The van der Waals surface area contributed by atoms with Crippen LogP contribution in [-0.2, 0) is 4.79 Å². The minimum Gasteiger partial charge on any atom is -0.483 e. The number of amides is 1. The van der Waals surface area contributed by atoms with E-state index in [0.29, 0.717) is 44.3 Å². The second-order valence-electron chi connectivity index (χ2n) is 10.1. The Morgan fingerprint density at radius 2 is 1.86 bits per heavy atom. The normalized spacial score (nSPS) is 11.4. The average Bonchev–Trinajstić information content (AvgIpc) is 3.44. The van der Waals surface area contributed by atoms with Crippen LogP contribution in [0.4, 0.5) is 15.8 Å². The van der Waals surface area contributed by atoms with Gasteiger partial charge in [0.1, 0.15) is 17.1 Å². The van der Waals surface area contributed by atoms with Crippen LogP contribution in [0.15, 0.2) is 105 Å². The fourth-order valence-electron chi connectivity index (χ4n) is 4.54. The highest BCUT2D eigenvalue weighted by atomic mass is 35.5. The third kappa shape index (κ3) is 6.02. The Hall–Kier alpha value is -5.48. The van der Waals surface area contributed by atoms with Crippen LogP contribution in [0.2, 0.25) is 5.02 Å². The van der Waals surface area contributed by atoms with Gasteiger partial charge in [-0.1, -0.05) is 23.7 Å². The quantitative estimate of drug-likeness (QED) is 0.196. The number of anilines is 2. The van der Waals surface area contributed by atoms with Crippen molar-refractivity contribution in [1.82, 2.24) is 9.66 Å². The number of halogens is 2. The number of hydrogen-bond acceptors (Lipinski definition) is 7. The number of carbonyl (C=O) groups excluding carboxylic acids is 1. The van der Waals surface area contributed by atoms with Crippen molar-refractivity contribution in [2.24, 2.45) is 5.10 Å². The monoisotopic (exact) mass is 609 g/mol. The van der Waals surface area contributed by atoms with Crippen molar-refractivity contribution in [3.05, 3.63) is 118 Å². The summed E-state index contributed by atoms with van der Waals surface area (Å²) in [6.45, 7) is -0.320. The van der Waals surface area contributed by atoms with Gasteiger partial charge in [0.2, 0.25) is 5.82 Å². The Bertz CT molecular complexity index is 2100.